The number of hydrogen-bond donors (Lipinski definition) is 2. The molecule has 1 aromatic carbocycles. The smallest absolute Gasteiger partial charge is 0.226 e. The van der Waals surface area contributed by atoms with Gasteiger partial charge in [0.05, 0.1) is 19.1 Å². The monoisotopic (exact) mass is 361 g/mol. The molecule has 1 aliphatic heterocycles. The molecular formula is C16H16ClN5O3. The standard InChI is InChI=1S/C16H16ClN5O3/c1-24-9-4-5-11(23)10(7-9)19-14-13-15(21-16(17)20-14)22(8-18-13)12-3-2-6-25-12/h4-5,7-8,12,23H,2-3,6H2,1H3,(H,19,20,21). The summed E-state index contributed by atoms with van der Waals surface area (Å²) in [5.41, 5.74) is 1.56. The Bertz CT molecular complexity index is 924. The van der Waals surface area contributed by atoms with Crippen molar-refractivity contribution in [2.75, 3.05) is 19.0 Å². The van der Waals surface area contributed by atoms with Crippen molar-refractivity contribution in [2.45, 2.75) is 19.1 Å². The summed E-state index contributed by atoms with van der Waals surface area (Å²) in [6.07, 6.45) is 3.45. The van der Waals surface area contributed by atoms with Gasteiger partial charge in [0.25, 0.3) is 0 Å². The molecule has 1 atom stereocenters. The molecule has 1 fully saturated rings. The van der Waals surface area contributed by atoms with Gasteiger partial charge in [0.1, 0.15) is 17.7 Å². The van der Waals surface area contributed by atoms with E-state index in [9.17, 15) is 5.11 Å². The molecule has 8 nitrogen and oxygen atoms in total. The summed E-state index contributed by atoms with van der Waals surface area (Å²) in [5.74, 6) is 1.05. The van der Waals surface area contributed by atoms with E-state index in [0.29, 0.717) is 35.0 Å². The lowest BCUT2D eigenvalue weighted by atomic mass is 10.2. The Labute approximate surface area is 148 Å². The van der Waals surface area contributed by atoms with Crippen molar-refractivity contribution < 1.29 is 14.6 Å². The van der Waals surface area contributed by atoms with Crippen LogP contribution in [0, 0.1) is 0 Å². The van der Waals surface area contributed by atoms with Gasteiger partial charge in [-0.3, -0.25) is 4.57 Å². The van der Waals surface area contributed by atoms with Crippen LogP contribution in [0.3, 0.4) is 0 Å². The summed E-state index contributed by atoms with van der Waals surface area (Å²) >= 11 is 6.09. The Morgan fingerprint density at radius 2 is 2.28 bits per heavy atom. The number of hydrogen-bond acceptors (Lipinski definition) is 7. The number of benzene rings is 1. The molecule has 4 rings (SSSR count). The molecule has 0 spiro atoms. The van der Waals surface area contributed by atoms with Crippen LogP contribution in [-0.2, 0) is 4.74 Å². The second kappa shape index (κ2) is 6.38. The van der Waals surface area contributed by atoms with E-state index >= 15 is 0 Å². The number of phenols is 1. The number of fused-ring (bicyclic) bond motifs is 1. The number of nitrogens with zero attached hydrogens (tertiary/aromatic N) is 4. The highest BCUT2D eigenvalue weighted by Crippen LogP contribution is 2.33. The van der Waals surface area contributed by atoms with Gasteiger partial charge in [-0.05, 0) is 36.6 Å². The van der Waals surface area contributed by atoms with Gasteiger partial charge in [-0.25, -0.2) is 4.98 Å². The number of rotatable bonds is 4. The van der Waals surface area contributed by atoms with E-state index in [1.165, 1.54) is 6.07 Å². The van der Waals surface area contributed by atoms with E-state index in [0.717, 1.165) is 12.8 Å². The van der Waals surface area contributed by atoms with Gasteiger partial charge in [0, 0.05) is 12.7 Å². The first kappa shape index (κ1) is 15.9. The molecule has 2 N–H and O–H groups in total. The van der Waals surface area contributed by atoms with Crippen LogP contribution in [0.1, 0.15) is 19.1 Å². The zero-order valence-corrected chi connectivity index (χ0v) is 14.2. The van der Waals surface area contributed by atoms with E-state index in [-0.39, 0.29) is 17.3 Å². The summed E-state index contributed by atoms with van der Waals surface area (Å²) in [6.45, 7) is 0.714. The van der Waals surface area contributed by atoms with Gasteiger partial charge in [0.15, 0.2) is 17.0 Å². The summed E-state index contributed by atoms with van der Waals surface area (Å²) in [7, 11) is 1.55. The second-order valence-electron chi connectivity index (χ2n) is 5.64. The van der Waals surface area contributed by atoms with Crippen LogP contribution in [0.15, 0.2) is 24.5 Å². The Morgan fingerprint density at radius 3 is 3.04 bits per heavy atom. The molecular weight excluding hydrogens is 346 g/mol. The maximum absolute atomic E-state index is 10.1. The van der Waals surface area contributed by atoms with E-state index in [1.54, 1.807) is 25.6 Å². The first-order valence-electron chi connectivity index (χ1n) is 7.81. The quantitative estimate of drug-likeness (QED) is 0.544. The van der Waals surface area contributed by atoms with E-state index < -0.39 is 0 Å². The van der Waals surface area contributed by atoms with Crippen LogP contribution in [0.5, 0.6) is 11.5 Å². The van der Waals surface area contributed by atoms with Gasteiger partial charge < -0.3 is 19.9 Å². The SMILES string of the molecule is COc1ccc(O)c(Nc2nc(Cl)nc3c2ncn3C2CCCO2)c1. The van der Waals surface area contributed by atoms with E-state index in [2.05, 4.69) is 20.3 Å². The third-order valence-corrected chi connectivity index (χ3v) is 4.24. The molecule has 1 aliphatic rings. The van der Waals surface area contributed by atoms with Crippen LogP contribution >= 0.6 is 11.6 Å². The number of ether oxygens (including phenoxy) is 2. The predicted octanol–water partition coefficient (Wildman–Crippen LogP) is 3.25. The van der Waals surface area contributed by atoms with Gasteiger partial charge in [-0.15, -0.1) is 0 Å². The summed E-state index contributed by atoms with van der Waals surface area (Å²) in [5, 5.41) is 13.2. The number of aromatic nitrogens is 4. The molecule has 0 bridgehead atoms. The largest absolute Gasteiger partial charge is 0.506 e. The minimum Gasteiger partial charge on any atom is -0.506 e. The fourth-order valence-electron chi connectivity index (χ4n) is 2.84. The highest BCUT2D eigenvalue weighted by Gasteiger charge is 2.22. The van der Waals surface area contributed by atoms with Gasteiger partial charge >= 0.3 is 0 Å². The van der Waals surface area contributed by atoms with Gasteiger partial charge in [0.2, 0.25) is 5.28 Å². The van der Waals surface area contributed by atoms with Crippen LogP contribution in [0.25, 0.3) is 11.2 Å². The highest BCUT2D eigenvalue weighted by atomic mass is 35.5. The average molecular weight is 362 g/mol. The van der Waals surface area contributed by atoms with Crippen LogP contribution in [0.4, 0.5) is 11.5 Å². The molecule has 2 aromatic heterocycles. The van der Waals surface area contributed by atoms with E-state index in [4.69, 9.17) is 21.1 Å². The highest BCUT2D eigenvalue weighted by molar-refractivity contribution is 6.28. The molecule has 25 heavy (non-hydrogen) atoms. The number of anilines is 2. The van der Waals surface area contributed by atoms with Crippen molar-refractivity contribution >= 4 is 34.3 Å². The van der Waals surface area contributed by atoms with Crippen molar-refractivity contribution in [3.05, 3.63) is 29.8 Å². The fraction of sp³-hybridized carbons (Fsp3) is 0.312. The molecule has 130 valence electrons. The Hall–Kier alpha value is -2.58. The van der Waals surface area contributed by atoms with Gasteiger partial charge in [-0.2, -0.15) is 9.97 Å². The molecule has 3 heterocycles. The summed E-state index contributed by atoms with van der Waals surface area (Å²) in [4.78, 5) is 12.9. The predicted molar refractivity (Wildman–Crippen MR) is 92.5 cm³/mol. The topological polar surface area (TPSA) is 94.3 Å². The first-order valence-corrected chi connectivity index (χ1v) is 8.19. The van der Waals surface area contributed by atoms with Crippen molar-refractivity contribution in [3.63, 3.8) is 0 Å². The molecule has 0 amide bonds. The van der Waals surface area contributed by atoms with Gasteiger partial charge in [-0.1, -0.05) is 0 Å². The molecule has 0 aliphatic carbocycles. The Morgan fingerprint density at radius 1 is 1.40 bits per heavy atom. The van der Waals surface area contributed by atoms with Crippen LogP contribution in [0.2, 0.25) is 5.28 Å². The number of halogens is 1. The number of imidazole rings is 1. The molecule has 9 heteroatoms. The lowest BCUT2D eigenvalue weighted by Crippen LogP contribution is -2.07. The number of methoxy groups -OCH3 is 1. The average Bonchev–Trinajstić information content (AvgIpc) is 3.25. The lowest BCUT2D eigenvalue weighted by molar-refractivity contribution is 0.0593. The van der Waals surface area contributed by atoms with Crippen molar-refractivity contribution in [1.29, 1.82) is 0 Å². The van der Waals surface area contributed by atoms with Crippen molar-refractivity contribution in [2.24, 2.45) is 0 Å². The van der Waals surface area contributed by atoms with Crippen molar-refractivity contribution in [3.8, 4) is 11.5 Å². The maximum Gasteiger partial charge on any atom is 0.226 e. The van der Waals surface area contributed by atoms with Crippen LogP contribution in [-0.4, -0.2) is 38.3 Å². The number of phenolic OH excluding ortho intramolecular Hbond substituents is 1. The first-order chi connectivity index (χ1) is 12.2. The summed E-state index contributed by atoms with van der Waals surface area (Å²) in [6, 6.07) is 4.86. The molecule has 1 saturated heterocycles. The minimum atomic E-state index is -0.103. The minimum absolute atomic E-state index is 0.0576. The molecule has 0 radical (unpaired) electrons. The van der Waals surface area contributed by atoms with Crippen molar-refractivity contribution in [1.82, 2.24) is 19.5 Å². The maximum atomic E-state index is 10.1. The van der Waals surface area contributed by atoms with Crippen LogP contribution < -0.4 is 10.1 Å². The molecule has 0 saturated carbocycles. The third kappa shape index (κ3) is 2.94. The fourth-order valence-corrected chi connectivity index (χ4v) is 3.00. The zero-order valence-electron chi connectivity index (χ0n) is 13.4. The third-order valence-electron chi connectivity index (χ3n) is 4.07. The number of nitrogens with one attached hydrogen (secondary N) is 1. The normalized spacial score (nSPS) is 17.1. The molecule has 1 unspecified atom stereocenters. The lowest BCUT2D eigenvalue weighted by Gasteiger charge is -2.13. The zero-order chi connectivity index (χ0) is 17.4. The summed E-state index contributed by atoms with van der Waals surface area (Å²) < 4.78 is 12.7. The van der Waals surface area contributed by atoms with E-state index in [1.807, 2.05) is 4.57 Å². The Kier molecular flexibility index (Phi) is 4.06. The number of aromatic hydroxyl groups is 1. The molecule has 3 aromatic rings. The Balaban J connectivity index is 1.77. The second-order valence-corrected chi connectivity index (χ2v) is 5.98.